The Bertz CT molecular complexity index is 1340. The van der Waals surface area contributed by atoms with Gasteiger partial charge in [-0.2, -0.15) is 18.3 Å². The fourth-order valence-corrected chi connectivity index (χ4v) is 6.96. The summed E-state index contributed by atoms with van der Waals surface area (Å²) in [5.41, 5.74) is 0.491. The van der Waals surface area contributed by atoms with Crippen LogP contribution in [-0.4, -0.2) is 64.1 Å². The highest BCUT2D eigenvalue weighted by molar-refractivity contribution is 9.10. The Morgan fingerprint density at radius 2 is 1.86 bits per heavy atom. The number of anilines is 2. The van der Waals surface area contributed by atoms with Crippen molar-refractivity contribution in [1.82, 2.24) is 4.98 Å². The number of alkyl halides is 3. The summed E-state index contributed by atoms with van der Waals surface area (Å²) >= 11 is 10.1. The minimum Gasteiger partial charge on any atom is -0.488 e. The number of piperidine rings is 1. The number of hydrogen-bond donors (Lipinski definition) is 0. The van der Waals surface area contributed by atoms with E-state index in [1.165, 1.54) is 5.01 Å². The van der Waals surface area contributed by atoms with Gasteiger partial charge in [0.1, 0.15) is 23.3 Å². The number of aromatic nitrogens is 1. The first-order valence-corrected chi connectivity index (χ1v) is 18.5. The molecule has 2 aromatic rings. The van der Waals surface area contributed by atoms with Crippen LogP contribution in [0.25, 0.3) is 0 Å². The van der Waals surface area contributed by atoms with Gasteiger partial charge in [0.25, 0.3) is 0 Å². The van der Waals surface area contributed by atoms with E-state index >= 15 is 0 Å². The summed E-state index contributed by atoms with van der Waals surface area (Å²) in [6, 6.07) is 6.57. The lowest BCUT2D eigenvalue weighted by Crippen LogP contribution is -2.47. The van der Waals surface area contributed by atoms with Gasteiger partial charge in [0.05, 0.1) is 36.7 Å². The van der Waals surface area contributed by atoms with Crippen LogP contribution in [0.1, 0.15) is 41.0 Å². The molecule has 4 atom stereocenters. The molecule has 1 aromatic carbocycles. The van der Waals surface area contributed by atoms with Crippen LogP contribution in [-0.2, 0) is 4.43 Å². The van der Waals surface area contributed by atoms with E-state index in [0.717, 1.165) is 5.69 Å². The van der Waals surface area contributed by atoms with Crippen LogP contribution in [0.4, 0.5) is 24.5 Å². The normalized spacial score (nSPS) is 23.4. The van der Waals surface area contributed by atoms with Crippen molar-refractivity contribution in [2.24, 2.45) is 16.9 Å². The molecule has 1 saturated heterocycles. The van der Waals surface area contributed by atoms with E-state index in [1.807, 2.05) is 12.1 Å². The standard InChI is InChI=1S/C30H41BrClF3N4O3Si/c1-18-16-38(22-14-26(40-6)36-15-21(22)32)13-12-24(18)42-25-11-9-10-20(31)27(25)39-23(17-41-43(7,8)29(3,4)5)19(2)28(37-39)30(33,34)35/h9-11,14-15,18-19,23-24H,12-13,16-17H2,1-8H3/t18-,19+,23+,24-/m1/s1. The van der Waals surface area contributed by atoms with Gasteiger partial charge >= 0.3 is 6.18 Å². The van der Waals surface area contributed by atoms with E-state index in [1.54, 1.807) is 32.4 Å². The van der Waals surface area contributed by atoms with E-state index in [0.29, 0.717) is 46.3 Å². The largest absolute Gasteiger partial charge is 0.488 e. The van der Waals surface area contributed by atoms with Crippen LogP contribution in [0, 0.1) is 11.8 Å². The van der Waals surface area contributed by atoms with Crippen LogP contribution >= 0.6 is 27.5 Å². The maximum absolute atomic E-state index is 14.2. The Morgan fingerprint density at radius 1 is 1.16 bits per heavy atom. The smallest absolute Gasteiger partial charge is 0.431 e. The average Bonchev–Trinajstić information content (AvgIpc) is 3.24. The quantitative estimate of drug-likeness (QED) is 0.257. The minimum atomic E-state index is -4.57. The van der Waals surface area contributed by atoms with Crippen LogP contribution < -0.4 is 19.4 Å². The third-order valence-electron chi connectivity index (χ3n) is 8.89. The molecular weight excluding hydrogens is 665 g/mol. The summed E-state index contributed by atoms with van der Waals surface area (Å²) in [4.78, 5) is 6.34. The number of halogens is 5. The van der Waals surface area contributed by atoms with Gasteiger partial charge in [0.15, 0.2) is 8.32 Å². The van der Waals surface area contributed by atoms with Crippen LogP contribution in [0.3, 0.4) is 0 Å². The summed E-state index contributed by atoms with van der Waals surface area (Å²) in [7, 11) is -0.684. The number of para-hydroxylation sites is 1. The number of hydrazone groups is 1. The molecule has 0 spiro atoms. The highest BCUT2D eigenvalue weighted by Gasteiger charge is 2.50. The lowest BCUT2D eigenvalue weighted by molar-refractivity contribution is -0.0621. The van der Waals surface area contributed by atoms with Gasteiger partial charge in [-0.05, 0) is 46.2 Å². The van der Waals surface area contributed by atoms with Gasteiger partial charge < -0.3 is 18.8 Å². The molecule has 0 bridgehead atoms. The van der Waals surface area contributed by atoms with Gasteiger partial charge in [0.2, 0.25) is 5.88 Å². The first-order chi connectivity index (χ1) is 19.9. The minimum absolute atomic E-state index is 0.0836. The Hall–Kier alpha value is -2.02. The second-order valence-electron chi connectivity index (χ2n) is 12.9. The molecule has 7 nitrogen and oxygen atoms in total. The number of rotatable bonds is 8. The summed E-state index contributed by atoms with van der Waals surface area (Å²) in [5.74, 6) is 0.143. The molecule has 1 aromatic heterocycles. The zero-order chi connectivity index (χ0) is 31.9. The molecule has 13 heteroatoms. The summed E-state index contributed by atoms with van der Waals surface area (Å²) in [5, 5.41) is 6.08. The van der Waals surface area contributed by atoms with E-state index in [-0.39, 0.29) is 23.7 Å². The monoisotopic (exact) mass is 704 g/mol. The molecule has 238 valence electrons. The third kappa shape index (κ3) is 7.28. The van der Waals surface area contributed by atoms with Crippen LogP contribution in [0.15, 0.2) is 40.0 Å². The Morgan fingerprint density at radius 3 is 2.47 bits per heavy atom. The second kappa shape index (κ2) is 12.8. The topological polar surface area (TPSA) is 59.4 Å². The maximum atomic E-state index is 14.2. The number of pyridine rings is 1. The number of benzene rings is 1. The molecule has 0 amide bonds. The predicted octanol–water partition coefficient (Wildman–Crippen LogP) is 8.56. The zero-order valence-electron chi connectivity index (χ0n) is 25.9. The lowest BCUT2D eigenvalue weighted by Gasteiger charge is -2.40. The Balaban J connectivity index is 1.61. The molecule has 43 heavy (non-hydrogen) atoms. The molecule has 0 saturated carbocycles. The molecule has 0 aliphatic carbocycles. The summed E-state index contributed by atoms with van der Waals surface area (Å²) in [6.45, 7) is 15.6. The predicted molar refractivity (Wildman–Crippen MR) is 172 cm³/mol. The van der Waals surface area contributed by atoms with E-state index < -0.39 is 32.2 Å². The Kier molecular flexibility index (Phi) is 10.1. The van der Waals surface area contributed by atoms with Crippen molar-refractivity contribution >= 4 is 52.9 Å². The maximum Gasteiger partial charge on any atom is 0.431 e. The van der Waals surface area contributed by atoms with Gasteiger partial charge in [-0.25, -0.2) is 4.98 Å². The molecule has 2 aliphatic rings. The fourth-order valence-electron chi connectivity index (χ4n) is 5.19. The first kappa shape index (κ1) is 33.9. The number of hydrogen-bond acceptors (Lipinski definition) is 7. The van der Waals surface area contributed by atoms with Crippen molar-refractivity contribution in [2.45, 2.75) is 77.5 Å². The molecule has 3 heterocycles. The van der Waals surface area contributed by atoms with Gasteiger partial charge in [-0.1, -0.05) is 52.3 Å². The zero-order valence-corrected chi connectivity index (χ0v) is 29.3. The number of methoxy groups -OCH3 is 1. The van der Waals surface area contributed by atoms with Crippen molar-refractivity contribution < 1.29 is 27.1 Å². The van der Waals surface area contributed by atoms with Crippen molar-refractivity contribution in [1.29, 1.82) is 0 Å². The number of nitrogens with zero attached hydrogens (tertiary/aromatic N) is 4. The van der Waals surface area contributed by atoms with E-state index in [2.05, 4.69) is 71.7 Å². The fraction of sp³-hybridized carbons (Fsp3) is 0.600. The molecule has 4 rings (SSSR count). The van der Waals surface area contributed by atoms with Crippen LogP contribution in [0.5, 0.6) is 11.6 Å². The Labute approximate surface area is 267 Å². The van der Waals surface area contributed by atoms with Gasteiger partial charge in [0, 0.05) is 41.9 Å². The first-order valence-electron chi connectivity index (χ1n) is 14.4. The summed E-state index contributed by atoms with van der Waals surface area (Å²) in [6.07, 6.45) is -2.49. The highest BCUT2D eigenvalue weighted by atomic mass is 79.9. The SMILES string of the molecule is COc1cc(N2CC[C@@H](Oc3cccc(Br)c3N3N=C(C(F)(F)F)[C@@H](C)[C@@H]3CO[Si](C)(C)C(C)(C)C)[C@H](C)C2)c(Cl)cn1. The van der Waals surface area contributed by atoms with Crippen LogP contribution in [0.2, 0.25) is 23.2 Å². The number of ether oxygens (including phenoxy) is 2. The molecule has 2 aliphatic heterocycles. The van der Waals surface area contributed by atoms with Crippen molar-refractivity contribution in [3.05, 3.63) is 40.0 Å². The van der Waals surface area contributed by atoms with Crippen molar-refractivity contribution in [3.63, 3.8) is 0 Å². The highest BCUT2D eigenvalue weighted by Crippen LogP contribution is 2.45. The third-order valence-corrected chi connectivity index (χ3v) is 14.3. The van der Waals surface area contributed by atoms with E-state index in [9.17, 15) is 13.2 Å². The van der Waals surface area contributed by atoms with Gasteiger partial charge in [-0.15, -0.1) is 0 Å². The summed E-state index contributed by atoms with van der Waals surface area (Å²) < 4.78 is 61.4. The molecule has 0 radical (unpaired) electrons. The average molecular weight is 706 g/mol. The molecule has 1 fully saturated rings. The van der Waals surface area contributed by atoms with Crippen molar-refractivity contribution in [2.75, 3.05) is 36.7 Å². The van der Waals surface area contributed by atoms with Gasteiger partial charge in [-0.3, -0.25) is 5.01 Å². The molecule has 0 unspecified atom stereocenters. The second-order valence-corrected chi connectivity index (χ2v) is 19.0. The molecule has 0 N–H and O–H groups in total. The van der Waals surface area contributed by atoms with E-state index in [4.69, 9.17) is 25.5 Å². The molecular formula is C30H41BrClF3N4O3Si. The lowest BCUT2D eigenvalue weighted by atomic mass is 9.95. The van der Waals surface area contributed by atoms with Crippen molar-refractivity contribution in [3.8, 4) is 11.6 Å².